The van der Waals surface area contributed by atoms with E-state index in [0.29, 0.717) is 13.2 Å². The average molecular weight is 350 g/mol. The molecule has 0 atom stereocenters. The smallest absolute Gasteiger partial charge is 0.330 e. The van der Waals surface area contributed by atoms with Gasteiger partial charge >= 0.3 is 5.97 Å². The molecule has 0 bridgehead atoms. The van der Waals surface area contributed by atoms with Crippen molar-refractivity contribution in [2.24, 2.45) is 0 Å². The molecule has 0 aliphatic carbocycles. The van der Waals surface area contributed by atoms with Crippen LogP contribution in [0.3, 0.4) is 0 Å². The molecule has 4 heteroatoms. The first-order valence-corrected chi connectivity index (χ1v) is 8.25. The van der Waals surface area contributed by atoms with Gasteiger partial charge in [-0.25, -0.2) is 4.79 Å². The van der Waals surface area contributed by atoms with Crippen LogP contribution in [0, 0.1) is 0 Å². The predicted molar refractivity (Wildman–Crippen MR) is 102 cm³/mol. The molecule has 2 rings (SSSR count). The van der Waals surface area contributed by atoms with Gasteiger partial charge in [-0.1, -0.05) is 48.6 Å². The van der Waals surface area contributed by atoms with Crippen molar-refractivity contribution < 1.29 is 19.0 Å². The maximum atomic E-state index is 11.3. The van der Waals surface area contributed by atoms with Crippen molar-refractivity contribution in [2.75, 3.05) is 20.3 Å². The number of benzene rings is 2. The fraction of sp³-hybridized carbons (Fsp3) is 0.136. The Hall–Kier alpha value is -3.27. The van der Waals surface area contributed by atoms with Crippen LogP contribution >= 0.6 is 0 Å². The first-order chi connectivity index (χ1) is 12.8. The maximum Gasteiger partial charge on any atom is 0.330 e. The van der Waals surface area contributed by atoms with E-state index in [1.807, 2.05) is 78.9 Å². The molecule has 2 aromatic carbocycles. The van der Waals surface area contributed by atoms with Crippen LogP contribution in [0.15, 0.2) is 96.6 Å². The lowest BCUT2D eigenvalue weighted by Crippen LogP contribution is -2.01. The number of hydrogen-bond acceptors (Lipinski definition) is 4. The lowest BCUT2D eigenvalue weighted by Gasteiger charge is -2.06. The van der Waals surface area contributed by atoms with E-state index in [4.69, 9.17) is 9.47 Å². The average Bonchev–Trinajstić information content (AvgIpc) is 2.70. The van der Waals surface area contributed by atoms with Gasteiger partial charge in [0.1, 0.15) is 24.7 Å². The highest BCUT2D eigenvalue weighted by Crippen LogP contribution is 2.11. The van der Waals surface area contributed by atoms with Crippen LogP contribution in [-0.2, 0) is 9.53 Å². The summed E-state index contributed by atoms with van der Waals surface area (Å²) in [5.41, 5.74) is 0.829. The second-order valence-corrected chi connectivity index (χ2v) is 5.25. The molecule has 0 saturated heterocycles. The Morgan fingerprint density at radius 1 is 0.885 bits per heavy atom. The summed E-state index contributed by atoms with van der Waals surface area (Å²) in [6.45, 7) is 0.787. The van der Waals surface area contributed by atoms with E-state index in [9.17, 15) is 4.79 Å². The van der Waals surface area contributed by atoms with Crippen LogP contribution in [0.2, 0.25) is 0 Å². The third kappa shape index (κ3) is 7.53. The van der Waals surface area contributed by atoms with Gasteiger partial charge in [-0.2, -0.15) is 0 Å². The minimum Gasteiger partial charge on any atom is -0.490 e. The first-order valence-electron chi connectivity index (χ1n) is 8.25. The number of carbonyl (C=O) groups is 1. The van der Waals surface area contributed by atoms with Gasteiger partial charge in [-0.05, 0) is 42.0 Å². The highest BCUT2D eigenvalue weighted by molar-refractivity contribution is 5.82. The van der Waals surface area contributed by atoms with Crippen LogP contribution in [0.1, 0.15) is 0 Å². The standard InChI is InChI=1S/C22H22O4/c1-24-22(23)16-15-19(18-26-21-13-6-3-7-14-21)10-8-9-17-25-20-11-4-2-5-12-20/h2-16H,17-18H2,1H3/b9-8+,16-15+,19-10-. The summed E-state index contributed by atoms with van der Waals surface area (Å²) in [7, 11) is 1.34. The number of carbonyl (C=O) groups excluding carboxylic acids is 1. The van der Waals surface area contributed by atoms with Gasteiger partial charge in [0.05, 0.1) is 7.11 Å². The molecule has 0 amide bonds. The Bertz CT molecular complexity index is 746. The molecule has 0 radical (unpaired) electrons. The van der Waals surface area contributed by atoms with Crippen LogP contribution in [0.4, 0.5) is 0 Å². The number of allylic oxidation sites excluding steroid dienone is 2. The molecule has 0 aromatic heterocycles. The van der Waals surface area contributed by atoms with Crippen molar-refractivity contribution >= 4 is 5.97 Å². The highest BCUT2D eigenvalue weighted by Gasteiger charge is 1.97. The van der Waals surface area contributed by atoms with E-state index in [1.54, 1.807) is 6.08 Å². The van der Waals surface area contributed by atoms with Crippen LogP contribution in [0.5, 0.6) is 11.5 Å². The topological polar surface area (TPSA) is 44.8 Å². The number of methoxy groups -OCH3 is 1. The summed E-state index contributed by atoms with van der Waals surface area (Å²) < 4.78 is 15.9. The lowest BCUT2D eigenvalue weighted by molar-refractivity contribution is -0.134. The van der Waals surface area contributed by atoms with Crippen molar-refractivity contribution in [3.05, 3.63) is 96.6 Å². The van der Waals surface area contributed by atoms with Crippen molar-refractivity contribution in [3.63, 3.8) is 0 Å². The lowest BCUT2D eigenvalue weighted by atomic mass is 10.2. The largest absolute Gasteiger partial charge is 0.490 e. The SMILES string of the molecule is COC(=O)/C=C/C(=C/C=C/COc1ccccc1)COc1ccccc1. The quantitative estimate of drug-likeness (QED) is 0.383. The van der Waals surface area contributed by atoms with Crippen LogP contribution in [0.25, 0.3) is 0 Å². The zero-order chi connectivity index (χ0) is 18.5. The summed E-state index contributed by atoms with van der Waals surface area (Å²) in [5, 5.41) is 0. The monoisotopic (exact) mass is 350 g/mol. The van der Waals surface area contributed by atoms with E-state index >= 15 is 0 Å². The van der Waals surface area contributed by atoms with E-state index in [-0.39, 0.29) is 0 Å². The second kappa shape index (κ2) is 11.3. The number of para-hydroxylation sites is 2. The molecule has 26 heavy (non-hydrogen) atoms. The van der Waals surface area contributed by atoms with Gasteiger partial charge in [0.25, 0.3) is 0 Å². The molecule has 2 aromatic rings. The molecule has 0 aliphatic rings. The fourth-order valence-electron chi connectivity index (χ4n) is 1.99. The number of ether oxygens (including phenoxy) is 3. The van der Waals surface area contributed by atoms with Crippen LogP contribution in [-0.4, -0.2) is 26.3 Å². The predicted octanol–water partition coefficient (Wildman–Crippen LogP) is 4.36. The molecule has 0 saturated carbocycles. The fourth-order valence-corrected chi connectivity index (χ4v) is 1.99. The molecule has 0 aliphatic heterocycles. The third-order valence-electron chi connectivity index (χ3n) is 3.32. The molecule has 0 heterocycles. The molecular weight excluding hydrogens is 328 g/mol. The second-order valence-electron chi connectivity index (χ2n) is 5.25. The molecule has 0 fully saturated rings. The number of hydrogen-bond donors (Lipinski definition) is 0. The zero-order valence-corrected chi connectivity index (χ0v) is 14.7. The Labute approximate surface area is 154 Å². The molecular formula is C22H22O4. The Morgan fingerprint density at radius 2 is 1.50 bits per heavy atom. The zero-order valence-electron chi connectivity index (χ0n) is 14.7. The van der Waals surface area contributed by atoms with Gasteiger partial charge in [-0.3, -0.25) is 0 Å². The van der Waals surface area contributed by atoms with Crippen LogP contribution < -0.4 is 9.47 Å². The normalized spacial score (nSPS) is 11.7. The summed E-state index contributed by atoms with van der Waals surface area (Å²) in [4.78, 5) is 11.3. The number of rotatable bonds is 9. The highest BCUT2D eigenvalue weighted by atomic mass is 16.5. The third-order valence-corrected chi connectivity index (χ3v) is 3.32. The summed E-state index contributed by atoms with van der Waals surface area (Å²) in [6.07, 6.45) is 8.68. The number of esters is 1. The van der Waals surface area contributed by atoms with Crippen molar-refractivity contribution in [1.82, 2.24) is 0 Å². The minimum atomic E-state index is -0.410. The Morgan fingerprint density at radius 3 is 2.12 bits per heavy atom. The maximum absolute atomic E-state index is 11.3. The van der Waals surface area contributed by atoms with Gasteiger partial charge in [0, 0.05) is 6.08 Å². The van der Waals surface area contributed by atoms with E-state index < -0.39 is 5.97 Å². The van der Waals surface area contributed by atoms with E-state index in [0.717, 1.165) is 17.1 Å². The van der Waals surface area contributed by atoms with Crippen molar-refractivity contribution in [1.29, 1.82) is 0 Å². The molecule has 0 unspecified atom stereocenters. The summed E-state index contributed by atoms with van der Waals surface area (Å²) >= 11 is 0. The van der Waals surface area contributed by atoms with Gasteiger partial charge in [0.15, 0.2) is 0 Å². The van der Waals surface area contributed by atoms with Crippen molar-refractivity contribution in [2.45, 2.75) is 0 Å². The Kier molecular flexibility index (Phi) is 8.29. The molecule has 0 spiro atoms. The minimum absolute atomic E-state index is 0.335. The van der Waals surface area contributed by atoms with E-state index in [1.165, 1.54) is 13.2 Å². The summed E-state index contributed by atoms with van der Waals surface area (Å²) in [5.74, 6) is 1.17. The van der Waals surface area contributed by atoms with Crippen molar-refractivity contribution in [3.8, 4) is 11.5 Å². The Balaban J connectivity index is 1.92. The summed E-state index contributed by atoms with van der Waals surface area (Å²) in [6, 6.07) is 19.1. The van der Waals surface area contributed by atoms with Gasteiger partial charge in [0.2, 0.25) is 0 Å². The molecule has 4 nitrogen and oxygen atoms in total. The molecule has 0 N–H and O–H groups in total. The van der Waals surface area contributed by atoms with E-state index in [2.05, 4.69) is 4.74 Å². The molecule has 134 valence electrons. The first kappa shape index (κ1) is 19.1. The van der Waals surface area contributed by atoms with Gasteiger partial charge < -0.3 is 14.2 Å². The van der Waals surface area contributed by atoms with Gasteiger partial charge in [-0.15, -0.1) is 0 Å².